The lowest BCUT2D eigenvalue weighted by molar-refractivity contribution is 0.677. The lowest BCUT2D eigenvalue weighted by atomic mass is 10.1. The number of hydrogen-bond acceptors (Lipinski definition) is 5. The molecule has 7 nitrogen and oxygen atoms in total. The molecule has 0 radical (unpaired) electrons. The molecule has 1 aliphatic carbocycles. The molecule has 0 amide bonds. The van der Waals surface area contributed by atoms with Crippen LogP contribution in [0.5, 0.6) is 0 Å². The quantitative estimate of drug-likeness (QED) is 0.798. The molecule has 0 aromatic carbocycles. The van der Waals surface area contributed by atoms with E-state index in [-0.39, 0.29) is 0 Å². The summed E-state index contributed by atoms with van der Waals surface area (Å²) in [5, 5.41) is 13.7. The SMILES string of the molecule is CCn1ncc2c(NC3CCCC3)c(-c3nc(C)nn3C)cnc21. The van der Waals surface area contributed by atoms with Gasteiger partial charge in [0, 0.05) is 25.8 Å². The fourth-order valence-corrected chi connectivity index (χ4v) is 3.60. The van der Waals surface area contributed by atoms with E-state index in [1.165, 1.54) is 25.7 Å². The van der Waals surface area contributed by atoms with Gasteiger partial charge >= 0.3 is 0 Å². The second-order valence-corrected chi connectivity index (χ2v) is 6.48. The molecule has 3 aromatic rings. The van der Waals surface area contributed by atoms with Crippen molar-refractivity contribution in [1.29, 1.82) is 0 Å². The molecule has 126 valence electrons. The molecule has 1 N–H and O–H groups in total. The van der Waals surface area contributed by atoms with Crippen molar-refractivity contribution in [2.24, 2.45) is 7.05 Å². The predicted molar refractivity (Wildman–Crippen MR) is 93.8 cm³/mol. The van der Waals surface area contributed by atoms with Gasteiger partial charge in [0.25, 0.3) is 0 Å². The number of aryl methyl sites for hydroxylation is 3. The number of fused-ring (bicyclic) bond motifs is 1. The van der Waals surface area contributed by atoms with E-state index in [4.69, 9.17) is 0 Å². The Morgan fingerprint density at radius 2 is 2.04 bits per heavy atom. The highest BCUT2D eigenvalue weighted by Gasteiger charge is 2.22. The van der Waals surface area contributed by atoms with E-state index >= 15 is 0 Å². The molecule has 0 unspecified atom stereocenters. The van der Waals surface area contributed by atoms with Crippen LogP contribution in [0.15, 0.2) is 12.4 Å². The second-order valence-electron chi connectivity index (χ2n) is 6.48. The third-order valence-electron chi connectivity index (χ3n) is 4.78. The van der Waals surface area contributed by atoms with Crippen LogP contribution in [-0.4, -0.2) is 35.6 Å². The molecule has 1 fully saturated rings. The summed E-state index contributed by atoms with van der Waals surface area (Å²) < 4.78 is 3.75. The summed E-state index contributed by atoms with van der Waals surface area (Å²) in [5.74, 6) is 1.61. The monoisotopic (exact) mass is 325 g/mol. The summed E-state index contributed by atoms with van der Waals surface area (Å²) >= 11 is 0. The number of aromatic nitrogens is 6. The van der Waals surface area contributed by atoms with Crippen LogP contribution < -0.4 is 5.32 Å². The zero-order chi connectivity index (χ0) is 16.7. The maximum atomic E-state index is 4.65. The van der Waals surface area contributed by atoms with Gasteiger partial charge in [-0.05, 0) is 26.7 Å². The fourth-order valence-electron chi connectivity index (χ4n) is 3.60. The number of nitrogens with zero attached hydrogens (tertiary/aromatic N) is 6. The van der Waals surface area contributed by atoms with Gasteiger partial charge in [0.1, 0.15) is 5.82 Å². The van der Waals surface area contributed by atoms with Crippen molar-refractivity contribution < 1.29 is 0 Å². The Labute approximate surface area is 141 Å². The van der Waals surface area contributed by atoms with E-state index in [0.29, 0.717) is 6.04 Å². The first-order chi connectivity index (χ1) is 11.7. The van der Waals surface area contributed by atoms with Crippen molar-refractivity contribution >= 4 is 16.7 Å². The standard InChI is InChI=1S/C17H23N7/c1-4-24-16-14(10-19-24)15(21-12-7-5-6-8-12)13(9-18-16)17-20-11(2)22-23(17)3/h9-10,12H,4-8H2,1-3H3,(H,18,21). The Balaban J connectivity index is 1.89. The average molecular weight is 325 g/mol. The number of anilines is 1. The Bertz CT molecular complexity index is 871. The molecule has 1 saturated carbocycles. The highest BCUT2D eigenvalue weighted by Crippen LogP contribution is 2.35. The van der Waals surface area contributed by atoms with E-state index in [1.54, 1.807) is 0 Å². The van der Waals surface area contributed by atoms with E-state index < -0.39 is 0 Å². The first-order valence-corrected chi connectivity index (χ1v) is 8.66. The van der Waals surface area contributed by atoms with E-state index in [9.17, 15) is 0 Å². The first-order valence-electron chi connectivity index (χ1n) is 8.66. The Morgan fingerprint density at radius 3 is 2.71 bits per heavy atom. The van der Waals surface area contributed by atoms with Gasteiger partial charge in [-0.2, -0.15) is 10.2 Å². The molecule has 4 rings (SSSR count). The van der Waals surface area contributed by atoms with Gasteiger partial charge in [0.15, 0.2) is 11.5 Å². The summed E-state index contributed by atoms with van der Waals surface area (Å²) in [7, 11) is 1.92. The van der Waals surface area contributed by atoms with Crippen LogP contribution in [0.25, 0.3) is 22.4 Å². The maximum absolute atomic E-state index is 4.65. The summed E-state index contributed by atoms with van der Waals surface area (Å²) in [4.78, 5) is 9.25. The van der Waals surface area contributed by atoms with Gasteiger partial charge in [-0.15, -0.1) is 0 Å². The van der Waals surface area contributed by atoms with E-state index in [1.807, 2.05) is 35.7 Å². The highest BCUT2D eigenvalue weighted by atomic mass is 15.3. The van der Waals surface area contributed by atoms with Gasteiger partial charge in [-0.25, -0.2) is 19.3 Å². The minimum absolute atomic E-state index is 0.508. The van der Waals surface area contributed by atoms with Crippen LogP contribution in [0.4, 0.5) is 5.69 Å². The average Bonchev–Trinajstić information content (AvgIpc) is 3.27. The Hall–Kier alpha value is -2.44. The van der Waals surface area contributed by atoms with Crippen LogP contribution in [0.2, 0.25) is 0 Å². The predicted octanol–water partition coefficient (Wildman–Crippen LogP) is 2.91. The maximum Gasteiger partial charge on any atom is 0.161 e. The molecule has 1 aliphatic rings. The van der Waals surface area contributed by atoms with Crippen LogP contribution in [0.3, 0.4) is 0 Å². The largest absolute Gasteiger partial charge is 0.381 e. The minimum Gasteiger partial charge on any atom is -0.381 e. The summed E-state index contributed by atoms with van der Waals surface area (Å²) in [6.45, 7) is 4.80. The van der Waals surface area contributed by atoms with E-state index in [2.05, 4.69) is 32.4 Å². The summed E-state index contributed by atoms with van der Waals surface area (Å²) in [5.41, 5.74) is 3.00. The number of rotatable bonds is 4. The zero-order valence-corrected chi connectivity index (χ0v) is 14.5. The summed E-state index contributed by atoms with van der Waals surface area (Å²) in [6, 6.07) is 0.508. The van der Waals surface area contributed by atoms with Crippen molar-refractivity contribution in [1.82, 2.24) is 29.5 Å². The van der Waals surface area contributed by atoms with Gasteiger partial charge in [0.2, 0.25) is 0 Å². The fraction of sp³-hybridized carbons (Fsp3) is 0.529. The molecule has 24 heavy (non-hydrogen) atoms. The first kappa shape index (κ1) is 15.1. The Kier molecular flexibility index (Phi) is 3.70. The van der Waals surface area contributed by atoms with Crippen molar-refractivity contribution in [3.05, 3.63) is 18.2 Å². The topological polar surface area (TPSA) is 73.5 Å². The lowest BCUT2D eigenvalue weighted by Crippen LogP contribution is -2.16. The van der Waals surface area contributed by atoms with Crippen molar-refractivity contribution in [3.63, 3.8) is 0 Å². The van der Waals surface area contributed by atoms with Crippen LogP contribution in [-0.2, 0) is 13.6 Å². The number of hydrogen-bond donors (Lipinski definition) is 1. The number of nitrogens with one attached hydrogen (secondary N) is 1. The molecule has 0 bridgehead atoms. The van der Waals surface area contributed by atoms with Gasteiger partial charge in [-0.3, -0.25) is 0 Å². The van der Waals surface area contributed by atoms with Gasteiger partial charge in [-0.1, -0.05) is 12.8 Å². The molecule has 0 atom stereocenters. The molecule has 0 saturated heterocycles. The molecule has 3 heterocycles. The third kappa shape index (κ3) is 2.44. The lowest BCUT2D eigenvalue weighted by Gasteiger charge is -2.17. The molecule has 3 aromatic heterocycles. The van der Waals surface area contributed by atoms with Crippen molar-refractivity contribution in [2.75, 3.05) is 5.32 Å². The van der Waals surface area contributed by atoms with Gasteiger partial charge in [0.05, 0.1) is 22.8 Å². The third-order valence-corrected chi connectivity index (χ3v) is 4.78. The molecule has 7 heteroatoms. The number of pyridine rings is 1. The normalized spacial score (nSPS) is 15.5. The van der Waals surface area contributed by atoms with Crippen LogP contribution >= 0.6 is 0 Å². The molecule has 0 spiro atoms. The smallest absolute Gasteiger partial charge is 0.161 e. The second kappa shape index (κ2) is 5.89. The van der Waals surface area contributed by atoms with Gasteiger partial charge < -0.3 is 5.32 Å². The van der Waals surface area contributed by atoms with Crippen molar-refractivity contribution in [3.8, 4) is 11.4 Å². The van der Waals surface area contributed by atoms with Crippen molar-refractivity contribution in [2.45, 2.75) is 52.1 Å². The van der Waals surface area contributed by atoms with E-state index in [0.717, 1.165) is 40.5 Å². The minimum atomic E-state index is 0.508. The molecular formula is C17H23N7. The van der Waals surface area contributed by atoms with Crippen LogP contribution in [0, 0.1) is 6.92 Å². The van der Waals surface area contributed by atoms with Crippen LogP contribution in [0.1, 0.15) is 38.4 Å². The molecular weight excluding hydrogens is 302 g/mol. The zero-order valence-electron chi connectivity index (χ0n) is 14.5. The summed E-state index contributed by atoms with van der Waals surface area (Å²) in [6.07, 6.45) is 8.82. The highest BCUT2D eigenvalue weighted by molar-refractivity contribution is 5.96. The Morgan fingerprint density at radius 1 is 1.25 bits per heavy atom. The molecule has 0 aliphatic heterocycles.